The maximum absolute atomic E-state index is 13.3. The Hall–Kier alpha value is -4.00. The molecule has 3 aromatic carbocycles. The topological polar surface area (TPSA) is 54.3 Å². The van der Waals surface area contributed by atoms with E-state index in [1.807, 2.05) is 61.5 Å². The van der Waals surface area contributed by atoms with Crippen molar-refractivity contribution >= 4 is 11.6 Å². The van der Waals surface area contributed by atoms with Gasteiger partial charge in [-0.25, -0.2) is 14.1 Å². The number of aryl methyl sites for hydroxylation is 1. The van der Waals surface area contributed by atoms with Gasteiger partial charge in [0.25, 0.3) is 5.91 Å². The van der Waals surface area contributed by atoms with Crippen LogP contribution < -0.4 is 4.90 Å². The third-order valence-corrected chi connectivity index (χ3v) is 5.93. The summed E-state index contributed by atoms with van der Waals surface area (Å²) >= 11 is 0. The second-order valence-electron chi connectivity index (χ2n) is 8.08. The quantitative estimate of drug-likeness (QED) is 0.473. The Bertz CT molecular complexity index is 1260. The number of rotatable bonds is 4. The number of benzene rings is 3. The Labute approximate surface area is 191 Å². The fourth-order valence-electron chi connectivity index (χ4n) is 4.11. The molecule has 0 unspecified atom stereocenters. The van der Waals surface area contributed by atoms with E-state index in [0.717, 1.165) is 22.5 Å². The van der Waals surface area contributed by atoms with Crippen LogP contribution in [-0.4, -0.2) is 51.8 Å². The minimum Gasteiger partial charge on any atom is -0.368 e. The van der Waals surface area contributed by atoms with Crippen molar-refractivity contribution in [2.75, 3.05) is 31.1 Å². The molecule has 1 aliphatic heterocycles. The molecule has 1 fully saturated rings. The Morgan fingerprint density at radius 2 is 1.52 bits per heavy atom. The SMILES string of the molecule is Cc1ccccc1-n1nc(C(=O)N2CCN(c3ccc(F)cc3)CC2)nc1-c1ccccc1. The summed E-state index contributed by atoms with van der Waals surface area (Å²) in [6.07, 6.45) is 0. The average Bonchev–Trinajstić information content (AvgIpc) is 3.30. The van der Waals surface area contributed by atoms with Crippen molar-refractivity contribution in [1.29, 1.82) is 0 Å². The van der Waals surface area contributed by atoms with Gasteiger partial charge in [0, 0.05) is 37.4 Å². The number of aromatic nitrogens is 3. The lowest BCUT2D eigenvalue weighted by atomic mass is 10.2. The van der Waals surface area contributed by atoms with Crippen LogP contribution in [0.1, 0.15) is 16.2 Å². The third kappa shape index (κ3) is 4.22. The van der Waals surface area contributed by atoms with Crippen LogP contribution in [0.3, 0.4) is 0 Å². The maximum atomic E-state index is 13.3. The first-order valence-electron chi connectivity index (χ1n) is 11.0. The smallest absolute Gasteiger partial charge is 0.293 e. The highest BCUT2D eigenvalue weighted by Gasteiger charge is 2.27. The molecule has 0 radical (unpaired) electrons. The lowest BCUT2D eigenvalue weighted by Gasteiger charge is -2.35. The molecule has 5 rings (SSSR count). The number of amides is 1. The fraction of sp³-hybridized carbons (Fsp3) is 0.192. The summed E-state index contributed by atoms with van der Waals surface area (Å²) in [5.41, 5.74) is 3.79. The van der Waals surface area contributed by atoms with Gasteiger partial charge >= 0.3 is 0 Å². The molecular weight excluding hydrogens is 417 g/mol. The fourth-order valence-corrected chi connectivity index (χ4v) is 4.11. The molecule has 0 atom stereocenters. The number of piperazine rings is 1. The Kier molecular flexibility index (Phi) is 5.60. The molecule has 0 N–H and O–H groups in total. The minimum absolute atomic E-state index is 0.182. The van der Waals surface area contributed by atoms with E-state index in [0.29, 0.717) is 32.0 Å². The molecule has 2 heterocycles. The number of hydrogen-bond acceptors (Lipinski definition) is 4. The van der Waals surface area contributed by atoms with Crippen LogP contribution >= 0.6 is 0 Å². The predicted octanol–water partition coefficient (Wildman–Crippen LogP) is 4.34. The Morgan fingerprint density at radius 1 is 0.848 bits per heavy atom. The van der Waals surface area contributed by atoms with E-state index in [9.17, 15) is 9.18 Å². The summed E-state index contributed by atoms with van der Waals surface area (Å²) in [5, 5.41) is 4.64. The molecule has 0 saturated carbocycles. The zero-order valence-electron chi connectivity index (χ0n) is 18.4. The van der Waals surface area contributed by atoms with Crippen LogP contribution in [0.2, 0.25) is 0 Å². The summed E-state index contributed by atoms with van der Waals surface area (Å²) < 4.78 is 15.0. The van der Waals surface area contributed by atoms with Crippen molar-refractivity contribution in [3.63, 3.8) is 0 Å². The van der Waals surface area contributed by atoms with Gasteiger partial charge in [0.1, 0.15) is 5.82 Å². The number of halogens is 1. The van der Waals surface area contributed by atoms with Crippen molar-refractivity contribution in [2.24, 2.45) is 0 Å². The van der Waals surface area contributed by atoms with Crippen molar-refractivity contribution in [2.45, 2.75) is 6.92 Å². The van der Waals surface area contributed by atoms with E-state index in [4.69, 9.17) is 0 Å². The Balaban J connectivity index is 1.41. The zero-order valence-corrected chi connectivity index (χ0v) is 18.4. The van der Waals surface area contributed by atoms with Crippen LogP contribution in [-0.2, 0) is 0 Å². The van der Waals surface area contributed by atoms with Crippen molar-refractivity contribution in [3.8, 4) is 17.1 Å². The van der Waals surface area contributed by atoms with Crippen LogP contribution in [0.4, 0.5) is 10.1 Å². The maximum Gasteiger partial charge on any atom is 0.293 e. The number of para-hydroxylation sites is 1. The molecular formula is C26H24FN5O. The highest BCUT2D eigenvalue weighted by atomic mass is 19.1. The Morgan fingerprint density at radius 3 is 2.21 bits per heavy atom. The van der Waals surface area contributed by atoms with Gasteiger partial charge in [-0.15, -0.1) is 5.10 Å². The molecule has 6 nitrogen and oxygen atoms in total. The van der Waals surface area contributed by atoms with Crippen molar-refractivity contribution in [1.82, 2.24) is 19.7 Å². The summed E-state index contributed by atoms with van der Waals surface area (Å²) in [4.78, 5) is 21.9. The first kappa shape index (κ1) is 20.9. The number of anilines is 1. The highest BCUT2D eigenvalue weighted by molar-refractivity contribution is 5.91. The largest absolute Gasteiger partial charge is 0.368 e. The summed E-state index contributed by atoms with van der Waals surface area (Å²) in [7, 11) is 0. The van der Waals surface area contributed by atoms with Gasteiger partial charge in [0.05, 0.1) is 5.69 Å². The highest BCUT2D eigenvalue weighted by Crippen LogP contribution is 2.24. The third-order valence-electron chi connectivity index (χ3n) is 5.93. The normalized spacial score (nSPS) is 13.9. The minimum atomic E-state index is -0.253. The molecule has 1 amide bonds. The lowest BCUT2D eigenvalue weighted by Crippen LogP contribution is -2.49. The monoisotopic (exact) mass is 441 g/mol. The zero-order chi connectivity index (χ0) is 22.8. The van der Waals surface area contributed by atoms with E-state index in [-0.39, 0.29) is 17.5 Å². The summed E-state index contributed by atoms with van der Waals surface area (Å²) in [6, 6.07) is 24.2. The molecule has 0 spiro atoms. The van der Waals surface area contributed by atoms with Gasteiger partial charge in [-0.2, -0.15) is 0 Å². The molecule has 33 heavy (non-hydrogen) atoms. The van der Waals surface area contributed by atoms with Crippen LogP contribution in [0.25, 0.3) is 17.1 Å². The van der Waals surface area contributed by atoms with Gasteiger partial charge in [-0.05, 0) is 42.8 Å². The number of hydrogen-bond donors (Lipinski definition) is 0. The van der Waals surface area contributed by atoms with E-state index in [2.05, 4.69) is 15.0 Å². The summed E-state index contributed by atoms with van der Waals surface area (Å²) in [5.74, 6) is 0.390. The van der Waals surface area contributed by atoms with Crippen LogP contribution in [0, 0.1) is 12.7 Å². The first-order valence-corrected chi connectivity index (χ1v) is 11.0. The van der Waals surface area contributed by atoms with Gasteiger partial charge in [0.2, 0.25) is 5.82 Å². The van der Waals surface area contributed by atoms with Crippen molar-refractivity contribution < 1.29 is 9.18 Å². The lowest BCUT2D eigenvalue weighted by molar-refractivity contribution is 0.0734. The van der Waals surface area contributed by atoms with E-state index in [1.54, 1.807) is 21.7 Å². The average molecular weight is 442 g/mol. The number of carbonyl (C=O) groups is 1. The first-order chi connectivity index (χ1) is 16.1. The molecule has 7 heteroatoms. The second kappa shape index (κ2) is 8.86. The molecule has 0 bridgehead atoms. The van der Waals surface area contributed by atoms with Gasteiger partial charge < -0.3 is 9.80 Å². The summed E-state index contributed by atoms with van der Waals surface area (Å²) in [6.45, 7) is 4.45. The molecule has 1 aliphatic rings. The van der Waals surface area contributed by atoms with Crippen molar-refractivity contribution in [3.05, 3.63) is 96.1 Å². The van der Waals surface area contributed by atoms with Crippen LogP contribution in [0.15, 0.2) is 78.9 Å². The van der Waals surface area contributed by atoms with E-state index >= 15 is 0 Å². The van der Waals surface area contributed by atoms with Gasteiger partial charge in [0.15, 0.2) is 5.82 Å². The predicted molar refractivity (Wildman–Crippen MR) is 126 cm³/mol. The van der Waals surface area contributed by atoms with E-state index in [1.165, 1.54) is 12.1 Å². The van der Waals surface area contributed by atoms with Crippen LogP contribution in [0.5, 0.6) is 0 Å². The number of carbonyl (C=O) groups excluding carboxylic acids is 1. The number of nitrogens with zero attached hydrogens (tertiary/aromatic N) is 5. The standard InChI is InChI=1S/C26H24FN5O/c1-19-7-5-6-10-23(19)32-25(20-8-3-2-4-9-20)28-24(29-32)26(33)31-17-15-30(16-18-31)22-13-11-21(27)12-14-22/h2-14H,15-18H2,1H3. The second-order valence-corrected chi connectivity index (χ2v) is 8.08. The molecule has 0 aliphatic carbocycles. The molecule has 1 saturated heterocycles. The molecule has 4 aromatic rings. The molecule has 166 valence electrons. The van der Waals surface area contributed by atoms with Gasteiger partial charge in [-0.3, -0.25) is 4.79 Å². The molecule has 1 aromatic heterocycles. The van der Waals surface area contributed by atoms with E-state index < -0.39 is 0 Å². The van der Waals surface area contributed by atoms with Gasteiger partial charge in [-0.1, -0.05) is 48.5 Å².